The molecule has 3 N–H and O–H groups in total. The number of aliphatic carboxylic acids is 1. The summed E-state index contributed by atoms with van der Waals surface area (Å²) in [6.07, 6.45) is 2.67. The van der Waals surface area contributed by atoms with Gasteiger partial charge in [0.25, 0.3) is 11.8 Å². The molecule has 3 rings (SSSR count). The number of hydrogen-bond acceptors (Lipinski definition) is 5. The van der Waals surface area contributed by atoms with Crippen LogP contribution in [0, 0.1) is 12.8 Å². The molecule has 0 saturated heterocycles. The van der Waals surface area contributed by atoms with Crippen LogP contribution in [0.4, 0.5) is 5.00 Å². The Hall–Kier alpha value is -2.71. The molecule has 0 fully saturated rings. The summed E-state index contributed by atoms with van der Waals surface area (Å²) in [5, 5.41) is 14.8. The number of anilines is 1. The SMILES string of the molecule is Cc1ccc(CNC(=O)c2c(NC(=O)COCC(=O)O)sc3c2CC[C@@H](C)C3)cc1. The molecule has 160 valence electrons. The predicted molar refractivity (Wildman–Crippen MR) is 115 cm³/mol. The number of carbonyl (C=O) groups excluding carboxylic acids is 2. The molecule has 2 aromatic rings. The van der Waals surface area contributed by atoms with Gasteiger partial charge in [0.15, 0.2) is 0 Å². The molecule has 1 aliphatic rings. The van der Waals surface area contributed by atoms with E-state index in [1.807, 2.05) is 31.2 Å². The van der Waals surface area contributed by atoms with Gasteiger partial charge in [0.1, 0.15) is 18.2 Å². The summed E-state index contributed by atoms with van der Waals surface area (Å²) in [5.41, 5.74) is 3.67. The second-order valence-electron chi connectivity index (χ2n) is 7.66. The van der Waals surface area contributed by atoms with Gasteiger partial charge in [-0.25, -0.2) is 4.79 Å². The minimum atomic E-state index is -1.14. The number of hydrogen-bond donors (Lipinski definition) is 3. The van der Waals surface area contributed by atoms with Gasteiger partial charge in [-0.1, -0.05) is 36.8 Å². The lowest BCUT2D eigenvalue weighted by atomic mass is 9.88. The van der Waals surface area contributed by atoms with E-state index in [-0.39, 0.29) is 12.5 Å². The van der Waals surface area contributed by atoms with E-state index in [9.17, 15) is 14.4 Å². The van der Waals surface area contributed by atoms with E-state index in [1.165, 1.54) is 11.3 Å². The molecule has 0 saturated carbocycles. The van der Waals surface area contributed by atoms with E-state index < -0.39 is 18.5 Å². The first-order valence-corrected chi connectivity index (χ1v) is 10.7. The second-order valence-corrected chi connectivity index (χ2v) is 8.76. The number of carboxylic acids is 1. The van der Waals surface area contributed by atoms with Crippen molar-refractivity contribution in [1.82, 2.24) is 5.32 Å². The van der Waals surface area contributed by atoms with Crippen LogP contribution in [0.25, 0.3) is 0 Å². The van der Waals surface area contributed by atoms with Gasteiger partial charge in [0, 0.05) is 11.4 Å². The maximum Gasteiger partial charge on any atom is 0.329 e. The fraction of sp³-hybridized carbons (Fsp3) is 0.409. The molecule has 2 amide bonds. The highest BCUT2D eigenvalue weighted by Gasteiger charge is 2.28. The van der Waals surface area contributed by atoms with Gasteiger partial charge in [-0.05, 0) is 43.2 Å². The number of nitrogens with one attached hydrogen (secondary N) is 2. The lowest BCUT2D eigenvalue weighted by molar-refractivity contribution is -0.143. The average molecular weight is 431 g/mol. The Morgan fingerprint density at radius 2 is 1.93 bits per heavy atom. The first-order valence-electron chi connectivity index (χ1n) is 9.91. The van der Waals surface area contributed by atoms with Gasteiger partial charge in [0.05, 0.1) is 5.56 Å². The number of ether oxygens (including phenoxy) is 1. The summed E-state index contributed by atoms with van der Waals surface area (Å²) in [6, 6.07) is 7.95. The van der Waals surface area contributed by atoms with Crippen LogP contribution in [-0.4, -0.2) is 36.1 Å². The van der Waals surface area contributed by atoms with Crippen LogP contribution < -0.4 is 10.6 Å². The summed E-state index contributed by atoms with van der Waals surface area (Å²) in [4.78, 5) is 36.9. The molecular formula is C22H26N2O5S. The number of fused-ring (bicyclic) bond motifs is 1. The Morgan fingerprint density at radius 1 is 1.20 bits per heavy atom. The number of aryl methyl sites for hydroxylation is 1. The number of carboxylic acid groups (broad SMARTS) is 1. The van der Waals surface area contributed by atoms with Crippen molar-refractivity contribution in [2.45, 2.75) is 39.7 Å². The largest absolute Gasteiger partial charge is 0.480 e. The highest BCUT2D eigenvalue weighted by atomic mass is 32.1. The van der Waals surface area contributed by atoms with E-state index >= 15 is 0 Å². The molecular weight excluding hydrogens is 404 g/mol. The lowest BCUT2D eigenvalue weighted by Crippen LogP contribution is -2.26. The monoisotopic (exact) mass is 430 g/mol. The zero-order chi connectivity index (χ0) is 21.7. The number of amides is 2. The van der Waals surface area contributed by atoms with E-state index in [4.69, 9.17) is 9.84 Å². The summed E-state index contributed by atoms with van der Waals surface area (Å²) < 4.78 is 4.86. The molecule has 0 unspecified atom stereocenters. The Bertz CT molecular complexity index is 936. The maximum absolute atomic E-state index is 13.0. The minimum Gasteiger partial charge on any atom is -0.480 e. The topological polar surface area (TPSA) is 105 Å². The van der Waals surface area contributed by atoms with Gasteiger partial charge in [-0.2, -0.15) is 0 Å². The number of benzene rings is 1. The lowest BCUT2D eigenvalue weighted by Gasteiger charge is -2.18. The fourth-order valence-electron chi connectivity index (χ4n) is 3.45. The maximum atomic E-state index is 13.0. The summed E-state index contributed by atoms with van der Waals surface area (Å²) in [7, 11) is 0. The molecule has 0 radical (unpaired) electrons. The Morgan fingerprint density at radius 3 is 2.63 bits per heavy atom. The zero-order valence-electron chi connectivity index (χ0n) is 17.1. The Kier molecular flexibility index (Phi) is 7.23. The van der Waals surface area contributed by atoms with Gasteiger partial charge in [0.2, 0.25) is 0 Å². The standard InChI is InChI=1S/C22H26N2O5S/c1-13-3-6-15(7-4-13)10-23-21(28)20-16-8-5-14(2)9-17(16)30-22(20)24-18(25)11-29-12-19(26)27/h3-4,6-7,14H,5,8-12H2,1-2H3,(H,23,28)(H,24,25)(H,26,27)/t14-/m1/s1. The molecule has 1 aliphatic carbocycles. The van der Waals surface area contributed by atoms with Crippen molar-refractivity contribution in [2.24, 2.45) is 5.92 Å². The van der Waals surface area contributed by atoms with Gasteiger partial charge < -0.3 is 20.5 Å². The van der Waals surface area contributed by atoms with E-state index in [2.05, 4.69) is 17.6 Å². The molecule has 1 atom stereocenters. The number of thiophene rings is 1. The van der Waals surface area contributed by atoms with Crippen molar-refractivity contribution < 1.29 is 24.2 Å². The number of rotatable bonds is 8. The predicted octanol–water partition coefficient (Wildman–Crippen LogP) is 3.15. The third-order valence-electron chi connectivity index (χ3n) is 5.02. The molecule has 7 nitrogen and oxygen atoms in total. The van der Waals surface area contributed by atoms with Crippen LogP contribution in [0.2, 0.25) is 0 Å². The first kappa shape index (κ1) is 22.0. The van der Waals surface area contributed by atoms with E-state index in [1.54, 1.807) is 0 Å². The second kappa shape index (κ2) is 9.86. The third-order valence-corrected chi connectivity index (χ3v) is 6.19. The first-order chi connectivity index (χ1) is 14.3. The summed E-state index contributed by atoms with van der Waals surface area (Å²) >= 11 is 1.42. The Labute approximate surface area is 179 Å². The smallest absolute Gasteiger partial charge is 0.329 e. The van der Waals surface area contributed by atoms with Crippen LogP contribution >= 0.6 is 11.3 Å². The quantitative estimate of drug-likeness (QED) is 0.597. The molecule has 1 heterocycles. The molecule has 0 aliphatic heterocycles. The van der Waals surface area contributed by atoms with Gasteiger partial charge in [-0.15, -0.1) is 11.3 Å². The van der Waals surface area contributed by atoms with Gasteiger partial charge in [-0.3, -0.25) is 9.59 Å². The van der Waals surface area contributed by atoms with Crippen LogP contribution in [0.1, 0.15) is 45.3 Å². The zero-order valence-corrected chi connectivity index (χ0v) is 17.9. The summed E-state index contributed by atoms with van der Waals surface area (Å²) in [6.45, 7) is 3.66. The van der Waals surface area contributed by atoms with Crippen molar-refractivity contribution in [3.8, 4) is 0 Å². The van der Waals surface area contributed by atoms with Crippen molar-refractivity contribution in [1.29, 1.82) is 0 Å². The number of carbonyl (C=O) groups is 3. The van der Waals surface area contributed by atoms with Crippen LogP contribution in [-0.2, 0) is 33.7 Å². The summed E-state index contributed by atoms with van der Waals surface area (Å²) in [5.74, 6) is -1.30. The average Bonchev–Trinajstić information content (AvgIpc) is 3.03. The van der Waals surface area contributed by atoms with Crippen molar-refractivity contribution in [2.75, 3.05) is 18.5 Å². The van der Waals surface area contributed by atoms with Crippen molar-refractivity contribution in [3.05, 3.63) is 51.4 Å². The minimum absolute atomic E-state index is 0.218. The Balaban J connectivity index is 1.75. The molecule has 0 spiro atoms. The molecule has 8 heteroatoms. The highest BCUT2D eigenvalue weighted by Crippen LogP contribution is 2.39. The van der Waals surface area contributed by atoms with E-state index in [0.29, 0.717) is 23.0 Å². The molecule has 1 aromatic carbocycles. The molecule has 1 aromatic heterocycles. The third kappa shape index (κ3) is 5.67. The van der Waals surface area contributed by atoms with Crippen LogP contribution in [0.5, 0.6) is 0 Å². The fourth-order valence-corrected chi connectivity index (χ4v) is 4.87. The van der Waals surface area contributed by atoms with E-state index in [0.717, 1.165) is 40.8 Å². The van der Waals surface area contributed by atoms with Crippen molar-refractivity contribution >= 4 is 34.1 Å². The van der Waals surface area contributed by atoms with Crippen LogP contribution in [0.3, 0.4) is 0 Å². The van der Waals surface area contributed by atoms with Gasteiger partial charge >= 0.3 is 5.97 Å². The molecule has 0 bridgehead atoms. The molecule has 30 heavy (non-hydrogen) atoms. The van der Waals surface area contributed by atoms with Crippen LogP contribution in [0.15, 0.2) is 24.3 Å². The van der Waals surface area contributed by atoms with Crippen molar-refractivity contribution in [3.63, 3.8) is 0 Å². The highest BCUT2D eigenvalue weighted by molar-refractivity contribution is 7.17. The normalized spacial score (nSPS) is 15.3.